The standard InChI is InChI=1S/C14H14ClN3O3S/c1-22(21)13-7-6-12(18(19)20)14(17-13)16-9-8-10-2-4-11(15)5-3-10/h2-7H,8-9H2,1H3,(H,16,17). The second-order valence-corrected chi connectivity index (χ2v) is 6.29. The van der Waals surface area contributed by atoms with Gasteiger partial charge < -0.3 is 5.32 Å². The Balaban J connectivity index is 2.10. The van der Waals surface area contributed by atoms with Crippen LogP contribution in [0.25, 0.3) is 0 Å². The first-order chi connectivity index (χ1) is 10.5. The number of nitrogens with one attached hydrogen (secondary N) is 1. The highest BCUT2D eigenvalue weighted by atomic mass is 35.5. The van der Waals surface area contributed by atoms with Crippen molar-refractivity contribution >= 4 is 33.9 Å². The zero-order valence-electron chi connectivity index (χ0n) is 11.8. The lowest BCUT2D eigenvalue weighted by Gasteiger charge is -2.07. The first-order valence-corrected chi connectivity index (χ1v) is 8.38. The summed E-state index contributed by atoms with van der Waals surface area (Å²) in [4.78, 5) is 14.6. The van der Waals surface area contributed by atoms with Crippen LogP contribution in [0, 0.1) is 10.1 Å². The maximum atomic E-state index is 11.4. The van der Waals surface area contributed by atoms with E-state index in [9.17, 15) is 14.3 Å². The lowest BCUT2D eigenvalue weighted by Crippen LogP contribution is -2.09. The van der Waals surface area contributed by atoms with E-state index in [1.807, 2.05) is 12.1 Å². The van der Waals surface area contributed by atoms with Gasteiger partial charge in [-0.25, -0.2) is 4.98 Å². The molecule has 22 heavy (non-hydrogen) atoms. The highest BCUT2D eigenvalue weighted by Gasteiger charge is 2.16. The number of pyridine rings is 1. The Morgan fingerprint density at radius 2 is 1.95 bits per heavy atom. The molecule has 0 saturated heterocycles. The molecule has 2 rings (SSSR count). The van der Waals surface area contributed by atoms with Crippen LogP contribution in [0.3, 0.4) is 0 Å². The molecule has 1 unspecified atom stereocenters. The predicted octanol–water partition coefficient (Wildman–Crippen LogP) is 3.04. The number of halogens is 1. The molecule has 0 fully saturated rings. The molecule has 1 heterocycles. The molecule has 1 aromatic carbocycles. The van der Waals surface area contributed by atoms with Gasteiger partial charge in [0.05, 0.1) is 15.7 Å². The largest absolute Gasteiger partial charge is 0.364 e. The summed E-state index contributed by atoms with van der Waals surface area (Å²) in [5.41, 5.74) is 0.917. The third-order valence-electron chi connectivity index (χ3n) is 2.96. The summed E-state index contributed by atoms with van der Waals surface area (Å²) in [6, 6.07) is 10.1. The number of hydrogen-bond acceptors (Lipinski definition) is 5. The fourth-order valence-electron chi connectivity index (χ4n) is 1.85. The number of benzene rings is 1. The Labute approximate surface area is 135 Å². The van der Waals surface area contributed by atoms with E-state index in [0.717, 1.165) is 5.56 Å². The maximum absolute atomic E-state index is 11.4. The second kappa shape index (κ2) is 7.33. The monoisotopic (exact) mass is 339 g/mol. The molecule has 0 aliphatic heterocycles. The summed E-state index contributed by atoms with van der Waals surface area (Å²) in [5.74, 6) is 0.131. The smallest absolute Gasteiger partial charge is 0.311 e. The van der Waals surface area contributed by atoms with E-state index in [1.165, 1.54) is 18.4 Å². The average Bonchev–Trinajstić information content (AvgIpc) is 2.49. The number of rotatable bonds is 6. The van der Waals surface area contributed by atoms with E-state index >= 15 is 0 Å². The Bertz CT molecular complexity index is 707. The van der Waals surface area contributed by atoms with Crippen molar-refractivity contribution < 1.29 is 9.13 Å². The summed E-state index contributed by atoms with van der Waals surface area (Å²) in [5, 5.41) is 14.9. The lowest BCUT2D eigenvalue weighted by molar-refractivity contribution is -0.384. The van der Waals surface area contributed by atoms with Crippen LogP contribution in [0.5, 0.6) is 0 Å². The fraction of sp³-hybridized carbons (Fsp3) is 0.214. The average molecular weight is 340 g/mol. The first kappa shape index (κ1) is 16.4. The van der Waals surface area contributed by atoms with E-state index in [0.29, 0.717) is 23.0 Å². The van der Waals surface area contributed by atoms with Gasteiger partial charge in [-0.3, -0.25) is 14.3 Å². The summed E-state index contributed by atoms with van der Waals surface area (Å²) >= 11 is 5.81. The van der Waals surface area contributed by atoms with Crippen LogP contribution in [0.2, 0.25) is 5.02 Å². The van der Waals surface area contributed by atoms with Crippen LogP contribution in [0.15, 0.2) is 41.4 Å². The van der Waals surface area contributed by atoms with Gasteiger partial charge in [0.25, 0.3) is 0 Å². The van der Waals surface area contributed by atoms with Gasteiger partial charge in [-0.1, -0.05) is 23.7 Å². The van der Waals surface area contributed by atoms with E-state index in [2.05, 4.69) is 10.3 Å². The summed E-state index contributed by atoms with van der Waals surface area (Å²) < 4.78 is 11.4. The number of nitro groups is 1. The summed E-state index contributed by atoms with van der Waals surface area (Å²) in [6.45, 7) is 0.468. The minimum Gasteiger partial charge on any atom is -0.364 e. The molecule has 0 bridgehead atoms. The minimum atomic E-state index is -1.29. The molecule has 8 heteroatoms. The summed E-state index contributed by atoms with van der Waals surface area (Å²) in [6.07, 6.45) is 2.14. The predicted molar refractivity (Wildman–Crippen MR) is 86.9 cm³/mol. The Morgan fingerprint density at radius 1 is 1.27 bits per heavy atom. The number of hydrogen-bond donors (Lipinski definition) is 1. The van der Waals surface area contributed by atoms with Gasteiger partial charge in [0.15, 0.2) is 0 Å². The Kier molecular flexibility index (Phi) is 5.46. The zero-order chi connectivity index (χ0) is 16.1. The molecular weight excluding hydrogens is 326 g/mol. The third kappa shape index (κ3) is 4.25. The van der Waals surface area contributed by atoms with Gasteiger partial charge in [0.1, 0.15) is 5.03 Å². The number of nitrogens with zero attached hydrogens (tertiary/aromatic N) is 2. The molecule has 1 N–H and O–H groups in total. The van der Waals surface area contributed by atoms with Crippen LogP contribution in [0.1, 0.15) is 5.56 Å². The van der Waals surface area contributed by atoms with Gasteiger partial charge in [-0.15, -0.1) is 0 Å². The summed E-state index contributed by atoms with van der Waals surface area (Å²) in [7, 11) is -1.29. The van der Waals surface area contributed by atoms with Crippen molar-refractivity contribution in [2.45, 2.75) is 11.4 Å². The molecule has 0 saturated carbocycles. The lowest BCUT2D eigenvalue weighted by atomic mass is 10.1. The van der Waals surface area contributed by atoms with Gasteiger partial charge in [-0.2, -0.15) is 0 Å². The SMILES string of the molecule is CS(=O)c1ccc([N+](=O)[O-])c(NCCc2ccc(Cl)cc2)n1. The molecule has 1 aromatic heterocycles. The molecule has 0 spiro atoms. The molecule has 0 radical (unpaired) electrons. The van der Waals surface area contributed by atoms with Crippen LogP contribution >= 0.6 is 11.6 Å². The van der Waals surface area contributed by atoms with Gasteiger partial charge in [0.2, 0.25) is 5.82 Å². The maximum Gasteiger partial charge on any atom is 0.311 e. The Morgan fingerprint density at radius 3 is 2.55 bits per heavy atom. The highest BCUT2D eigenvalue weighted by molar-refractivity contribution is 7.84. The van der Waals surface area contributed by atoms with Crippen molar-refractivity contribution in [3.8, 4) is 0 Å². The molecule has 0 amide bonds. The molecule has 2 aromatic rings. The molecule has 6 nitrogen and oxygen atoms in total. The topological polar surface area (TPSA) is 85.1 Å². The van der Waals surface area contributed by atoms with E-state index < -0.39 is 15.7 Å². The van der Waals surface area contributed by atoms with Crippen LogP contribution < -0.4 is 5.32 Å². The fourth-order valence-corrected chi connectivity index (χ4v) is 2.45. The number of aromatic nitrogens is 1. The van der Waals surface area contributed by atoms with Gasteiger partial charge in [-0.05, 0) is 30.2 Å². The van der Waals surface area contributed by atoms with Gasteiger partial charge >= 0.3 is 5.69 Å². The van der Waals surface area contributed by atoms with Crippen molar-refractivity contribution in [3.05, 3.63) is 57.1 Å². The number of anilines is 1. The van der Waals surface area contributed by atoms with E-state index in [4.69, 9.17) is 11.6 Å². The van der Waals surface area contributed by atoms with E-state index in [-0.39, 0.29) is 11.5 Å². The van der Waals surface area contributed by atoms with Crippen LogP contribution in [0.4, 0.5) is 11.5 Å². The normalized spacial score (nSPS) is 11.9. The van der Waals surface area contributed by atoms with Crippen molar-refractivity contribution in [2.24, 2.45) is 0 Å². The van der Waals surface area contributed by atoms with Gasteiger partial charge in [0, 0.05) is 23.9 Å². The zero-order valence-corrected chi connectivity index (χ0v) is 13.4. The third-order valence-corrected chi connectivity index (χ3v) is 4.03. The van der Waals surface area contributed by atoms with E-state index in [1.54, 1.807) is 12.1 Å². The van der Waals surface area contributed by atoms with Crippen molar-refractivity contribution in [1.82, 2.24) is 4.98 Å². The quantitative estimate of drug-likeness (QED) is 0.645. The van der Waals surface area contributed by atoms with Crippen LogP contribution in [-0.4, -0.2) is 26.9 Å². The van der Waals surface area contributed by atoms with Crippen molar-refractivity contribution in [1.29, 1.82) is 0 Å². The molecule has 116 valence electrons. The van der Waals surface area contributed by atoms with Crippen LogP contribution in [-0.2, 0) is 17.2 Å². The Hall–Kier alpha value is -1.99. The molecule has 1 atom stereocenters. The minimum absolute atomic E-state index is 0.131. The second-order valence-electron chi connectivity index (χ2n) is 4.53. The molecule has 0 aliphatic carbocycles. The highest BCUT2D eigenvalue weighted by Crippen LogP contribution is 2.23. The molecule has 0 aliphatic rings. The van der Waals surface area contributed by atoms with Crippen molar-refractivity contribution in [3.63, 3.8) is 0 Å². The van der Waals surface area contributed by atoms with Crippen molar-refractivity contribution in [2.75, 3.05) is 18.1 Å². The first-order valence-electron chi connectivity index (χ1n) is 6.44. The molecular formula is C14H14ClN3O3S.